The number of nitrogens with zero attached hydrogens (tertiary/aromatic N) is 1. The molecule has 0 unspecified atom stereocenters. The van der Waals surface area contributed by atoms with Gasteiger partial charge in [-0.1, -0.05) is 0 Å². The number of alkyl halides is 3. The van der Waals surface area contributed by atoms with Gasteiger partial charge in [0, 0.05) is 12.3 Å². The molecule has 2 aromatic carbocycles. The van der Waals surface area contributed by atoms with E-state index in [0.29, 0.717) is 16.1 Å². The zero-order chi connectivity index (χ0) is 29.1. The first-order valence-corrected chi connectivity index (χ1v) is 13.0. The fraction of sp³-hybridized carbons (Fsp3) is 0.333. The van der Waals surface area contributed by atoms with Gasteiger partial charge < -0.3 is 28.4 Å². The lowest BCUT2D eigenvalue weighted by atomic mass is 9.97. The Bertz CT molecular complexity index is 1410. The number of phosphoric ester groups is 1. The third-order valence-electron chi connectivity index (χ3n) is 5.91. The number of nitrogens with one attached hydrogen (secondary N) is 1. The van der Waals surface area contributed by atoms with Crippen LogP contribution in [0.2, 0.25) is 0 Å². The number of rotatable bonds is 11. The van der Waals surface area contributed by atoms with Gasteiger partial charge in [0.1, 0.15) is 29.1 Å². The number of ether oxygens (including phenoxy) is 3. The van der Waals surface area contributed by atoms with Crippen molar-refractivity contribution in [2.75, 3.05) is 20.8 Å². The van der Waals surface area contributed by atoms with Crippen molar-refractivity contribution in [1.29, 1.82) is 0 Å². The van der Waals surface area contributed by atoms with Crippen LogP contribution < -0.4 is 29.8 Å². The maximum atomic E-state index is 15.1. The molecular weight excluding hydrogens is 564 g/mol. The highest BCUT2D eigenvalue weighted by molar-refractivity contribution is 7.49. The second-order valence-corrected chi connectivity index (χ2v) is 9.94. The molecule has 3 aromatic rings. The highest BCUT2D eigenvalue weighted by Crippen LogP contribution is 2.52. The monoisotopic (exact) mass is 588 g/mol. The van der Waals surface area contributed by atoms with Crippen LogP contribution in [-0.4, -0.2) is 59.8 Å². The normalized spacial score (nSPS) is 22.7. The van der Waals surface area contributed by atoms with E-state index in [1.807, 2.05) is 4.98 Å². The molecule has 1 aliphatic rings. The van der Waals surface area contributed by atoms with Crippen LogP contribution in [0.3, 0.4) is 0 Å². The van der Waals surface area contributed by atoms with E-state index in [1.165, 1.54) is 62.8 Å². The lowest BCUT2D eigenvalue weighted by molar-refractivity contribution is -0.193. The predicted octanol–water partition coefficient (Wildman–Crippen LogP) is 3.07. The SMILES string of the molecule is COc1ccc(OP(=O)(OC[C@@]2(C(F)F)O[C@@H](n3ccc(=O)[nH]c3=O)[C@@H](F)[C@@H]2O)Oc2ccc(OC)cc2)cc1. The van der Waals surface area contributed by atoms with Gasteiger partial charge in [0.05, 0.1) is 20.8 Å². The molecule has 2 N–H and O–H groups in total. The molecule has 4 atom stereocenters. The molecule has 2 heterocycles. The summed E-state index contributed by atoms with van der Waals surface area (Å²) in [6, 6.07) is 12.0. The van der Waals surface area contributed by atoms with Gasteiger partial charge in [-0.15, -0.1) is 0 Å². The van der Waals surface area contributed by atoms with Gasteiger partial charge in [0.25, 0.3) is 12.0 Å². The minimum absolute atomic E-state index is 0.0716. The van der Waals surface area contributed by atoms with Crippen molar-refractivity contribution >= 4 is 7.82 Å². The van der Waals surface area contributed by atoms with Gasteiger partial charge in [-0.2, -0.15) is 0 Å². The summed E-state index contributed by atoms with van der Waals surface area (Å²) in [6.45, 7) is -1.40. The van der Waals surface area contributed by atoms with Crippen molar-refractivity contribution in [3.05, 3.63) is 81.6 Å². The molecule has 1 saturated heterocycles. The van der Waals surface area contributed by atoms with E-state index in [1.54, 1.807) is 0 Å². The van der Waals surface area contributed by atoms with Crippen molar-refractivity contribution in [3.63, 3.8) is 0 Å². The minimum atomic E-state index is -4.84. The Balaban J connectivity index is 1.64. The van der Waals surface area contributed by atoms with Crippen molar-refractivity contribution in [1.82, 2.24) is 9.55 Å². The molecule has 0 radical (unpaired) electrons. The summed E-state index contributed by atoms with van der Waals surface area (Å²) in [7, 11) is -2.01. The molecule has 12 nitrogen and oxygen atoms in total. The Kier molecular flexibility index (Phi) is 8.59. The summed E-state index contributed by atoms with van der Waals surface area (Å²) in [5, 5.41) is 10.5. The fourth-order valence-corrected chi connectivity index (χ4v) is 5.03. The lowest BCUT2D eigenvalue weighted by Gasteiger charge is -2.31. The van der Waals surface area contributed by atoms with Crippen LogP contribution in [-0.2, 0) is 13.8 Å². The number of H-pyrrole nitrogens is 1. The van der Waals surface area contributed by atoms with Gasteiger partial charge in [-0.25, -0.2) is 22.5 Å². The van der Waals surface area contributed by atoms with E-state index >= 15 is 4.39 Å². The summed E-state index contributed by atoms with van der Waals surface area (Å²) >= 11 is 0. The summed E-state index contributed by atoms with van der Waals surface area (Å²) in [6.07, 6.45) is -10.0. The highest BCUT2D eigenvalue weighted by Gasteiger charge is 2.62. The number of aromatic amines is 1. The van der Waals surface area contributed by atoms with E-state index in [9.17, 15) is 28.0 Å². The zero-order valence-corrected chi connectivity index (χ0v) is 21.8. The number of aromatic nitrogens is 2. The molecule has 16 heteroatoms. The summed E-state index contributed by atoms with van der Waals surface area (Å²) in [5.74, 6) is 0.710. The Labute approximate surface area is 224 Å². The topological polar surface area (TPSA) is 148 Å². The Morgan fingerprint density at radius 2 is 1.48 bits per heavy atom. The van der Waals surface area contributed by atoms with Crippen LogP contribution in [0.15, 0.2) is 70.4 Å². The Hall–Kier alpha value is -3.78. The van der Waals surface area contributed by atoms with Crippen LogP contribution in [0.1, 0.15) is 6.23 Å². The number of methoxy groups -OCH3 is 2. The van der Waals surface area contributed by atoms with Crippen LogP contribution in [0.5, 0.6) is 23.0 Å². The number of hydrogen-bond acceptors (Lipinski definition) is 10. The highest BCUT2D eigenvalue weighted by atomic mass is 31.2. The molecule has 0 spiro atoms. The third kappa shape index (κ3) is 6.02. The van der Waals surface area contributed by atoms with Crippen LogP contribution in [0.25, 0.3) is 0 Å². The van der Waals surface area contributed by atoms with Gasteiger partial charge in [-0.05, 0) is 48.5 Å². The average Bonchev–Trinajstić information content (AvgIpc) is 3.19. The average molecular weight is 588 g/mol. The Morgan fingerprint density at radius 3 is 1.93 bits per heavy atom. The maximum absolute atomic E-state index is 15.1. The van der Waals surface area contributed by atoms with Gasteiger partial charge in [0.2, 0.25) is 0 Å². The number of aliphatic hydroxyl groups is 1. The third-order valence-corrected chi connectivity index (χ3v) is 7.23. The smallest absolute Gasteiger partial charge is 0.497 e. The quantitative estimate of drug-likeness (QED) is 0.320. The number of hydrogen-bond donors (Lipinski definition) is 2. The number of phosphoric acid groups is 1. The zero-order valence-electron chi connectivity index (χ0n) is 20.9. The molecule has 0 aliphatic carbocycles. The first kappa shape index (κ1) is 29.2. The van der Waals surface area contributed by atoms with Gasteiger partial charge in [-0.3, -0.25) is 18.9 Å². The van der Waals surface area contributed by atoms with E-state index in [2.05, 4.69) is 0 Å². The second kappa shape index (κ2) is 11.8. The summed E-state index contributed by atoms with van der Waals surface area (Å²) < 4.78 is 89.4. The molecule has 216 valence electrons. The molecule has 0 bridgehead atoms. The molecular formula is C24H24F3N2O10P. The van der Waals surface area contributed by atoms with Crippen molar-refractivity contribution in [2.45, 2.75) is 30.5 Å². The van der Waals surface area contributed by atoms with Gasteiger partial charge >= 0.3 is 13.5 Å². The maximum Gasteiger partial charge on any atom is 0.587 e. The van der Waals surface area contributed by atoms with E-state index in [0.717, 1.165) is 12.3 Å². The molecule has 1 aromatic heterocycles. The summed E-state index contributed by atoms with van der Waals surface area (Å²) in [4.78, 5) is 25.3. The number of benzene rings is 2. The largest absolute Gasteiger partial charge is 0.587 e. The fourth-order valence-electron chi connectivity index (χ4n) is 3.77. The van der Waals surface area contributed by atoms with E-state index in [-0.39, 0.29) is 11.5 Å². The molecule has 0 saturated carbocycles. The summed E-state index contributed by atoms with van der Waals surface area (Å²) in [5.41, 5.74) is -5.12. The van der Waals surface area contributed by atoms with Crippen molar-refractivity contribution in [3.8, 4) is 23.0 Å². The van der Waals surface area contributed by atoms with Crippen LogP contribution in [0.4, 0.5) is 13.2 Å². The van der Waals surface area contributed by atoms with E-state index in [4.69, 9.17) is 27.8 Å². The van der Waals surface area contributed by atoms with Gasteiger partial charge in [0.15, 0.2) is 18.0 Å². The first-order chi connectivity index (χ1) is 19.0. The van der Waals surface area contributed by atoms with Crippen LogP contribution >= 0.6 is 7.82 Å². The number of halogens is 3. The predicted molar refractivity (Wildman–Crippen MR) is 132 cm³/mol. The standard InChI is InChI=1S/C24H24F3N2O10P/c1-34-14-3-7-16(8-4-14)38-40(33,39-17-9-5-15(35-2)6-10-17)36-13-24(22(26)27)20(31)19(25)21(37-24)29-12-11-18(30)28-23(29)32/h3-12,19-22,31H,13H2,1-2H3,(H,28,30,32)/t19-,20-,21+,24+/m0/s1. The Morgan fingerprint density at radius 1 is 0.975 bits per heavy atom. The molecule has 4 rings (SSSR count). The molecule has 1 fully saturated rings. The van der Waals surface area contributed by atoms with Crippen molar-refractivity contribution < 1.29 is 50.6 Å². The second-order valence-electron chi connectivity index (χ2n) is 8.43. The van der Waals surface area contributed by atoms with E-state index < -0.39 is 56.2 Å². The molecule has 0 amide bonds. The lowest BCUT2D eigenvalue weighted by Crippen LogP contribution is -2.52. The number of aliphatic hydroxyl groups excluding tert-OH is 1. The minimum Gasteiger partial charge on any atom is -0.497 e. The molecule has 40 heavy (non-hydrogen) atoms. The first-order valence-electron chi connectivity index (χ1n) is 11.5. The molecule has 1 aliphatic heterocycles. The van der Waals surface area contributed by atoms with Crippen molar-refractivity contribution in [2.24, 2.45) is 0 Å². The van der Waals surface area contributed by atoms with Crippen LogP contribution in [0, 0.1) is 0 Å².